The highest BCUT2D eigenvalue weighted by atomic mass is 79.9. The maximum absolute atomic E-state index is 11.9. The third-order valence-corrected chi connectivity index (χ3v) is 3.13. The highest BCUT2D eigenvalue weighted by Crippen LogP contribution is 2.11. The SMILES string of the molecule is Cc1ccc(C(=O)NCCNc2nc(N)cc(Br)n2)cc1. The maximum Gasteiger partial charge on any atom is 0.251 e. The van der Waals surface area contributed by atoms with Gasteiger partial charge in [0.2, 0.25) is 5.95 Å². The monoisotopic (exact) mass is 349 g/mol. The van der Waals surface area contributed by atoms with Gasteiger partial charge in [-0.2, -0.15) is 4.98 Å². The Morgan fingerprint density at radius 2 is 1.95 bits per heavy atom. The molecular weight excluding hydrogens is 334 g/mol. The van der Waals surface area contributed by atoms with Gasteiger partial charge in [0.25, 0.3) is 5.91 Å². The Labute approximate surface area is 131 Å². The third-order valence-electron chi connectivity index (χ3n) is 2.72. The molecular formula is C14H16BrN5O. The summed E-state index contributed by atoms with van der Waals surface area (Å²) in [6, 6.07) is 9.04. The maximum atomic E-state index is 11.9. The van der Waals surface area contributed by atoms with Crippen molar-refractivity contribution in [3.8, 4) is 0 Å². The number of hydrogen-bond acceptors (Lipinski definition) is 5. The zero-order valence-corrected chi connectivity index (χ0v) is 13.1. The number of hydrogen-bond donors (Lipinski definition) is 3. The number of nitrogens with zero attached hydrogens (tertiary/aromatic N) is 2. The Morgan fingerprint density at radius 1 is 1.24 bits per heavy atom. The van der Waals surface area contributed by atoms with Crippen LogP contribution in [0.2, 0.25) is 0 Å². The van der Waals surface area contributed by atoms with Crippen molar-refractivity contribution >= 4 is 33.6 Å². The van der Waals surface area contributed by atoms with Crippen LogP contribution in [-0.2, 0) is 0 Å². The first-order valence-corrected chi connectivity index (χ1v) is 7.23. The average molecular weight is 350 g/mol. The number of anilines is 2. The summed E-state index contributed by atoms with van der Waals surface area (Å²) in [6.07, 6.45) is 0. The molecule has 4 N–H and O–H groups in total. The number of aryl methyl sites for hydroxylation is 1. The van der Waals surface area contributed by atoms with Crippen LogP contribution in [0.3, 0.4) is 0 Å². The van der Waals surface area contributed by atoms with E-state index in [2.05, 4.69) is 36.5 Å². The van der Waals surface area contributed by atoms with Gasteiger partial charge < -0.3 is 16.4 Å². The summed E-state index contributed by atoms with van der Waals surface area (Å²) in [5.74, 6) is 0.695. The molecule has 2 rings (SSSR count). The molecule has 0 saturated heterocycles. The number of halogens is 1. The van der Waals surface area contributed by atoms with Gasteiger partial charge in [-0.25, -0.2) is 4.98 Å². The van der Waals surface area contributed by atoms with Gasteiger partial charge in [0, 0.05) is 24.7 Å². The molecule has 0 unspecified atom stereocenters. The lowest BCUT2D eigenvalue weighted by atomic mass is 10.1. The van der Waals surface area contributed by atoms with E-state index < -0.39 is 0 Å². The number of carbonyl (C=O) groups is 1. The van der Waals surface area contributed by atoms with Gasteiger partial charge in [-0.3, -0.25) is 4.79 Å². The molecule has 0 atom stereocenters. The Kier molecular flexibility index (Phi) is 5.10. The van der Waals surface area contributed by atoms with Crippen molar-refractivity contribution in [2.75, 3.05) is 24.1 Å². The predicted octanol–water partition coefficient (Wildman–Crippen LogP) is 1.97. The fraction of sp³-hybridized carbons (Fsp3) is 0.214. The zero-order valence-electron chi connectivity index (χ0n) is 11.6. The van der Waals surface area contributed by atoms with Crippen LogP contribution in [0.15, 0.2) is 34.9 Å². The highest BCUT2D eigenvalue weighted by molar-refractivity contribution is 9.10. The minimum Gasteiger partial charge on any atom is -0.383 e. The fourth-order valence-electron chi connectivity index (χ4n) is 1.67. The predicted molar refractivity (Wildman–Crippen MR) is 86.1 cm³/mol. The van der Waals surface area contributed by atoms with Gasteiger partial charge >= 0.3 is 0 Å². The number of carbonyl (C=O) groups excluding carboxylic acids is 1. The van der Waals surface area contributed by atoms with Gasteiger partial charge in [0.05, 0.1) is 0 Å². The van der Waals surface area contributed by atoms with Crippen molar-refractivity contribution in [2.45, 2.75) is 6.92 Å². The van der Waals surface area contributed by atoms with Crippen LogP contribution in [0.25, 0.3) is 0 Å². The standard InChI is InChI=1S/C14H16BrN5O/c1-9-2-4-10(5-3-9)13(21)17-6-7-18-14-19-11(15)8-12(16)20-14/h2-5,8H,6-7H2,1H3,(H,17,21)(H3,16,18,19,20). The lowest BCUT2D eigenvalue weighted by molar-refractivity contribution is 0.0955. The number of amides is 1. The van der Waals surface area contributed by atoms with Gasteiger partial charge in [-0.15, -0.1) is 0 Å². The molecule has 0 bridgehead atoms. The smallest absolute Gasteiger partial charge is 0.251 e. The van der Waals surface area contributed by atoms with E-state index in [0.29, 0.717) is 35.0 Å². The number of nitrogen functional groups attached to an aromatic ring is 1. The number of benzene rings is 1. The molecule has 0 radical (unpaired) electrons. The van der Waals surface area contributed by atoms with E-state index in [0.717, 1.165) is 5.56 Å². The molecule has 21 heavy (non-hydrogen) atoms. The molecule has 0 aliphatic rings. The molecule has 1 heterocycles. The van der Waals surface area contributed by atoms with Gasteiger partial charge in [0.1, 0.15) is 10.4 Å². The second-order valence-electron chi connectivity index (χ2n) is 4.49. The first-order chi connectivity index (χ1) is 10.0. The van der Waals surface area contributed by atoms with Crippen molar-refractivity contribution in [1.29, 1.82) is 0 Å². The van der Waals surface area contributed by atoms with Crippen molar-refractivity contribution < 1.29 is 4.79 Å². The number of rotatable bonds is 5. The minimum absolute atomic E-state index is 0.105. The Bertz CT molecular complexity index is 610. The van der Waals surface area contributed by atoms with Crippen LogP contribution in [0.4, 0.5) is 11.8 Å². The number of nitrogens with two attached hydrogens (primary N) is 1. The molecule has 0 aliphatic heterocycles. The molecule has 1 amide bonds. The van der Waals surface area contributed by atoms with Crippen molar-refractivity contribution in [2.24, 2.45) is 0 Å². The molecule has 1 aromatic heterocycles. The Morgan fingerprint density at radius 3 is 2.62 bits per heavy atom. The first-order valence-electron chi connectivity index (χ1n) is 6.43. The van der Waals surface area contributed by atoms with Crippen molar-refractivity contribution in [3.05, 3.63) is 46.1 Å². The van der Waals surface area contributed by atoms with E-state index in [4.69, 9.17) is 5.73 Å². The summed E-state index contributed by atoms with van der Waals surface area (Å²) in [4.78, 5) is 20.0. The van der Waals surface area contributed by atoms with E-state index in [1.54, 1.807) is 18.2 Å². The second kappa shape index (κ2) is 7.03. The summed E-state index contributed by atoms with van der Waals surface area (Å²) < 4.78 is 0.612. The van der Waals surface area contributed by atoms with E-state index in [-0.39, 0.29) is 5.91 Å². The lowest BCUT2D eigenvalue weighted by Crippen LogP contribution is -2.29. The summed E-state index contributed by atoms with van der Waals surface area (Å²) in [5, 5.41) is 5.81. The Hall–Kier alpha value is -2.15. The summed E-state index contributed by atoms with van der Waals surface area (Å²) >= 11 is 3.24. The molecule has 110 valence electrons. The van der Waals surface area contributed by atoms with Crippen LogP contribution >= 0.6 is 15.9 Å². The van der Waals surface area contributed by atoms with E-state index >= 15 is 0 Å². The van der Waals surface area contributed by atoms with Crippen LogP contribution in [0.5, 0.6) is 0 Å². The minimum atomic E-state index is -0.105. The number of aromatic nitrogens is 2. The Balaban J connectivity index is 1.79. The topological polar surface area (TPSA) is 92.9 Å². The molecule has 0 spiro atoms. The summed E-state index contributed by atoms with van der Waals surface area (Å²) in [6.45, 7) is 2.95. The lowest BCUT2D eigenvalue weighted by Gasteiger charge is -2.08. The summed E-state index contributed by atoms with van der Waals surface area (Å²) in [7, 11) is 0. The van der Waals surface area contributed by atoms with Gasteiger partial charge in [0.15, 0.2) is 0 Å². The van der Waals surface area contributed by atoms with Crippen LogP contribution in [0, 0.1) is 6.92 Å². The average Bonchev–Trinajstić information content (AvgIpc) is 2.43. The molecule has 2 aromatic rings. The molecule has 0 saturated carbocycles. The highest BCUT2D eigenvalue weighted by Gasteiger charge is 2.04. The first kappa shape index (κ1) is 15.2. The molecule has 7 heteroatoms. The number of nitrogens with one attached hydrogen (secondary N) is 2. The van der Waals surface area contributed by atoms with Crippen LogP contribution < -0.4 is 16.4 Å². The molecule has 0 aliphatic carbocycles. The van der Waals surface area contributed by atoms with E-state index in [1.807, 2.05) is 19.1 Å². The van der Waals surface area contributed by atoms with Crippen molar-refractivity contribution in [3.63, 3.8) is 0 Å². The van der Waals surface area contributed by atoms with E-state index in [9.17, 15) is 4.79 Å². The van der Waals surface area contributed by atoms with Crippen molar-refractivity contribution in [1.82, 2.24) is 15.3 Å². The third kappa shape index (κ3) is 4.71. The fourth-order valence-corrected chi connectivity index (χ4v) is 2.07. The quantitative estimate of drug-likeness (QED) is 0.566. The van der Waals surface area contributed by atoms with Gasteiger partial charge in [-0.05, 0) is 35.0 Å². The molecule has 1 aromatic carbocycles. The van der Waals surface area contributed by atoms with Crippen LogP contribution in [0.1, 0.15) is 15.9 Å². The largest absolute Gasteiger partial charge is 0.383 e. The van der Waals surface area contributed by atoms with Crippen LogP contribution in [-0.4, -0.2) is 29.0 Å². The van der Waals surface area contributed by atoms with E-state index in [1.165, 1.54) is 0 Å². The summed E-state index contributed by atoms with van der Waals surface area (Å²) in [5.41, 5.74) is 7.37. The molecule has 6 nitrogen and oxygen atoms in total. The normalized spacial score (nSPS) is 10.2. The second-order valence-corrected chi connectivity index (χ2v) is 5.30. The molecule has 0 fully saturated rings. The van der Waals surface area contributed by atoms with Gasteiger partial charge in [-0.1, -0.05) is 17.7 Å². The zero-order chi connectivity index (χ0) is 15.2.